The zero-order valence-corrected chi connectivity index (χ0v) is 22.7. The molecule has 4 aliphatic rings. The van der Waals surface area contributed by atoms with Crippen LogP contribution >= 0.6 is 0 Å². The summed E-state index contributed by atoms with van der Waals surface area (Å²) in [5, 5.41) is 11.8. The maximum atomic E-state index is 11.1. The fraction of sp³-hybridized carbons (Fsp3) is 0.467. The summed E-state index contributed by atoms with van der Waals surface area (Å²) in [5.41, 5.74) is 10.0. The number of nitrogens with zero attached hydrogens (tertiary/aromatic N) is 1. The Morgan fingerprint density at radius 1 is 0.683 bits per heavy atom. The van der Waals surface area contributed by atoms with Crippen molar-refractivity contribution in [3.05, 3.63) is 71.0 Å². The van der Waals surface area contributed by atoms with Crippen LogP contribution in [0.1, 0.15) is 109 Å². The van der Waals surface area contributed by atoms with Crippen LogP contribution < -0.4 is 5.73 Å². The van der Waals surface area contributed by atoms with Gasteiger partial charge in [-0.25, -0.2) is 0 Å². The van der Waals surface area contributed by atoms with Crippen molar-refractivity contribution in [2.75, 3.05) is 0 Å². The number of nitrogens with two attached hydrogens (primary N) is 1. The Hall–Kier alpha value is -3.59. The molecule has 1 atom stereocenters. The number of oxime groups is 1. The fourth-order valence-corrected chi connectivity index (χ4v) is 5.14. The Morgan fingerprint density at radius 2 is 1.20 bits per heavy atom. The molecule has 3 N–H and O–H groups in total. The highest BCUT2D eigenvalue weighted by molar-refractivity contribution is 6.75. The molecule has 7 rings (SSSR count). The third kappa shape index (κ3) is 8.95. The Morgan fingerprint density at radius 3 is 1.78 bits per heavy atom. The smallest absolute Gasteiger partial charge is 0.198 e. The molecule has 4 aliphatic carbocycles. The number of hydrogen-bond donors (Lipinski definition) is 2. The molecular weight excluding hydrogens is 522 g/mol. The molecule has 2 radical (unpaired) electrons. The van der Waals surface area contributed by atoms with Crippen molar-refractivity contribution in [1.29, 1.82) is 0 Å². The second-order valence-electron chi connectivity index (χ2n) is 10.1. The van der Waals surface area contributed by atoms with Crippen molar-refractivity contribution in [3.63, 3.8) is 0 Å². The van der Waals surface area contributed by atoms with Crippen molar-refractivity contribution >= 4 is 38.5 Å². The summed E-state index contributed by atoms with van der Waals surface area (Å²) in [6, 6.07) is 5.99. The highest BCUT2D eigenvalue weighted by Crippen LogP contribution is 2.28. The molecule has 3 aromatic heterocycles. The minimum absolute atomic E-state index is 0.152. The summed E-state index contributed by atoms with van der Waals surface area (Å²) in [6.07, 6.45) is 16.7. The second-order valence-corrected chi connectivity index (χ2v) is 10.1. The largest absolute Gasteiger partial charge is 0.467 e. The topological polar surface area (TPSA) is 149 Å². The van der Waals surface area contributed by atoms with Crippen LogP contribution in [0.4, 0.5) is 0 Å². The zero-order valence-electron chi connectivity index (χ0n) is 22.7. The third-order valence-electron chi connectivity index (χ3n) is 7.29. The molecule has 0 amide bonds. The molecule has 0 aliphatic heterocycles. The summed E-state index contributed by atoms with van der Waals surface area (Å²) in [6.45, 7) is 0. The lowest BCUT2D eigenvalue weighted by atomic mass is 9.81. The zero-order chi connectivity index (χ0) is 29.6. The maximum Gasteiger partial charge on any atom is 0.198 e. The van der Waals surface area contributed by atoms with Gasteiger partial charge in [0.25, 0.3) is 0 Å². The van der Waals surface area contributed by atoms with Crippen LogP contribution in [0, 0.1) is 0 Å². The van der Waals surface area contributed by atoms with E-state index >= 15 is 0 Å². The lowest BCUT2D eigenvalue weighted by molar-refractivity contribution is -0.137. The average molecular weight is 561 g/mol. The number of fused-ring (bicyclic) bond motifs is 3. The lowest BCUT2D eigenvalue weighted by Crippen LogP contribution is -2.17. The van der Waals surface area contributed by atoms with E-state index in [4.69, 9.17) is 31.9 Å². The van der Waals surface area contributed by atoms with Crippen LogP contribution in [0.15, 0.2) is 55.4 Å². The first kappa shape index (κ1) is 31.9. The van der Waals surface area contributed by atoms with Gasteiger partial charge in [-0.15, -0.1) is 0 Å². The molecular formula is C30H39B2N2O7-. The van der Waals surface area contributed by atoms with Crippen molar-refractivity contribution in [2.45, 2.75) is 89.5 Å². The van der Waals surface area contributed by atoms with Gasteiger partial charge in [0.05, 0.1) is 24.8 Å². The molecule has 9 nitrogen and oxygen atoms in total. The standard InChI is InChI=1S/C8H9NO2.C8H11NO.C8H8O2.C6H8O2.B2H3/c10-9-7-3-1-2-6-4-5-11-8(6)7;2*9-7-3-1-2-6-4-5-10-8(6)7;7-5-3-1-2-4-6(5)8;1-2/h4-5,10H,1-3H2;4-5,7H,1-3,9H2;4-5H,1-3H2;1-4H2;1H3/q;;;;-1/b9-7-;;;;. The molecule has 0 aromatic carbocycles. The van der Waals surface area contributed by atoms with E-state index in [0.717, 1.165) is 80.4 Å². The molecule has 0 bridgehead atoms. The van der Waals surface area contributed by atoms with Crippen LogP contribution in [0.5, 0.6) is 0 Å². The molecule has 1 saturated carbocycles. The van der Waals surface area contributed by atoms with E-state index in [1.807, 2.05) is 18.2 Å². The van der Waals surface area contributed by atoms with Gasteiger partial charge in [0.15, 0.2) is 28.9 Å². The third-order valence-corrected chi connectivity index (χ3v) is 7.29. The van der Waals surface area contributed by atoms with Gasteiger partial charge in [-0.3, -0.25) is 14.4 Å². The first-order chi connectivity index (χ1) is 20.0. The SMILES string of the molecule is NC1CCCc2ccoc21.O/N=C1/CCCc2ccoc21.O=C1CCCCC1=O.O=C1CCCc2ccoc21.[B][BH3-]. The molecule has 0 saturated heterocycles. The Labute approximate surface area is 242 Å². The predicted octanol–water partition coefficient (Wildman–Crippen LogP) is 4.34. The summed E-state index contributed by atoms with van der Waals surface area (Å²) in [5.74, 6) is 2.18. The van der Waals surface area contributed by atoms with Crippen LogP contribution in [0.3, 0.4) is 0 Å². The van der Waals surface area contributed by atoms with Crippen molar-refractivity contribution < 1.29 is 32.8 Å². The van der Waals surface area contributed by atoms with Crippen molar-refractivity contribution in [2.24, 2.45) is 10.9 Å². The maximum absolute atomic E-state index is 11.1. The van der Waals surface area contributed by atoms with E-state index in [1.54, 1.807) is 18.8 Å². The van der Waals surface area contributed by atoms with Gasteiger partial charge in [0.1, 0.15) is 11.5 Å². The average Bonchev–Trinajstić information content (AvgIpc) is 3.78. The first-order valence-electron chi connectivity index (χ1n) is 13.7. The molecule has 41 heavy (non-hydrogen) atoms. The van der Waals surface area contributed by atoms with Gasteiger partial charge in [-0.1, -0.05) is 12.9 Å². The Bertz CT molecular complexity index is 1290. The van der Waals surface area contributed by atoms with Gasteiger partial charge in [0.2, 0.25) is 0 Å². The predicted molar refractivity (Wildman–Crippen MR) is 159 cm³/mol. The molecule has 3 aromatic rings. The fourth-order valence-electron chi connectivity index (χ4n) is 5.14. The molecule has 3 heterocycles. The summed E-state index contributed by atoms with van der Waals surface area (Å²) in [7, 11) is 5.00. The second kappa shape index (κ2) is 16.6. The molecule has 1 unspecified atom stereocenters. The number of rotatable bonds is 0. The number of carbonyl (C=O) groups excluding carboxylic acids is 3. The summed E-state index contributed by atoms with van der Waals surface area (Å²) < 4.78 is 15.4. The quantitative estimate of drug-likeness (QED) is 0.178. The van der Waals surface area contributed by atoms with E-state index in [2.05, 4.69) is 5.16 Å². The Kier molecular flexibility index (Phi) is 12.9. The Balaban J connectivity index is 0.000000148. The van der Waals surface area contributed by atoms with Gasteiger partial charge in [-0.05, 0) is 93.5 Å². The highest BCUT2D eigenvalue weighted by atomic mass is 16.4. The van der Waals surface area contributed by atoms with E-state index in [0.29, 0.717) is 30.7 Å². The minimum Gasteiger partial charge on any atom is -0.467 e. The highest BCUT2D eigenvalue weighted by Gasteiger charge is 2.21. The normalized spacial score (nSPS) is 19.8. The monoisotopic (exact) mass is 561 g/mol. The molecule has 218 valence electrons. The number of carbonyl (C=O) groups is 3. The molecule has 1 fully saturated rings. The summed E-state index contributed by atoms with van der Waals surface area (Å²) in [4.78, 5) is 31.9. The molecule has 11 heteroatoms. The van der Waals surface area contributed by atoms with Gasteiger partial charge >= 0.3 is 0 Å². The number of ketones is 3. The van der Waals surface area contributed by atoms with Crippen molar-refractivity contribution in [1.82, 2.24) is 0 Å². The van der Waals surface area contributed by atoms with Crippen LogP contribution in [-0.4, -0.2) is 43.7 Å². The van der Waals surface area contributed by atoms with Gasteiger partial charge in [0, 0.05) is 24.8 Å². The van der Waals surface area contributed by atoms with E-state index in [-0.39, 0.29) is 31.1 Å². The lowest BCUT2D eigenvalue weighted by Gasteiger charge is -2.15. The van der Waals surface area contributed by atoms with Crippen molar-refractivity contribution in [3.8, 4) is 0 Å². The van der Waals surface area contributed by atoms with E-state index in [1.165, 1.54) is 12.0 Å². The molecule has 0 spiro atoms. The summed E-state index contributed by atoms with van der Waals surface area (Å²) >= 11 is 0. The van der Waals surface area contributed by atoms with E-state index < -0.39 is 0 Å². The number of Topliss-reactive ketones (excluding diaryl/α,β-unsaturated/α-hetero) is 3. The van der Waals surface area contributed by atoms with Crippen LogP contribution in [-0.2, 0) is 28.9 Å². The first-order valence-corrected chi connectivity index (χ1v) is 13.7. The van der Waals surface area contributed by atoms with Crippen LogP contribution in [0.2, 0.25) is 0 Å². The van der Waals surface area contributed by atoms with Crippen LogP contribution in [0.25, 0.3) is 0 Å². The van der Waals surface area contributed by atoms with E-state index in [9.17, 15) is 14.4 Å². The number of furan rings is 3. The number of aryl methyl sites for hydroxylation is 3. The van der Waals surface area contributed by atoms with Gasteiger partial charge < -0.3 is 24.2 Å². The van der Waals surface area contributed by atoms with Gasteiger partial charge in [-0.2, -0.15) is 7.74 Å². The number of hydrogen-bond acceptors (Lipinski definition) is 9. The minimum atomic E-state index is -0.170.